The Morgan fingerprint density at radius 1 is 1.03 bits per heavy atom. The van der Waals surface area contributed by atoms with Gasteiger partial charge >= 0.3 is 0 Å². The number of nitrogens with zero attached hydrogens (tertiary/aromatic N) is 1. The minimum absolute atomic E-state index is 0.0471. The SMILES string of the molecule is CCC(C)c1ccc2oc(-c3ccc(NC(=O)COc4cc(C)ccc4C(C)C)cc3)nc2c1. The predicted octanol–water partition coefficient (Wildman–Crippen LogP) is 7.46. The average Bonchev–Trinajstić information content (AvgIpc) is 3.26. The number of anilines is 1. The Balaban J connectivity index is 1.41. The molecular formula is C29H32N2O3. The fourth-order valence-corrected chi connectivity index (χ4v) is 3.89. The molecule has 4 rings (SSSR count). The highest BCUT2D eigenvalue weighted by Crippen LogP contribution is 2.29. The summed E-state index contributed by atoms with van der Waals surface area (Å²) in [4.78, 5) is 17.1. The lowest BCUT2D eigenvalue weighted by molar-refractivity contribution is -0.118. The molecule has 0 radical (unpaired) electrons. The number of carbonyl (C=O) groups is 1. The molecule has 1 amide bonds. The van der Waals surface area contributed by atoms with Crippen LogP contribution in [0.15, 0.2) is 65.1 Å². The first-order chi connectivity index (χ1) is 16.3. The molecule has 1 aromatic heterocycles. The van der Waals surface area contributed by atoms with E-state index in [4.69, 9.17) is 9.15 Å². The van der Waals surface area contributed by atoms with E-state index >= 15 is 0 Å². The van der Waals surface area contributed by atoms with Crippen LogP contribution < -0.4 is 10.1 Å². The van der Waals surface area contributed by atoms with Gasteiger partial charge in [0.1, 0.15) is 11.3 Å². The lowest BCUT2D eigenvalue weighted by atomic mass is 9.98. The van der Waals surface area contributed by atoms with Gasteiger partial charge in [-0.3, -0.25) is 4.79 Å². The van der Waals surface area contributed by atoms with Crippen LogP contribution in [0.4, 0.5) is 5.69 Å². The molecule has 0 aliphatic heterocycles. The van der Waals surface area contributed by atoms with E-state index in [0.717, 1.165) is 40.0 Å². The molecule has 1 atom stereocenters. The van der Waals surface area contributed by atoms with Crippen LogP contribution in [-0.2, 0) is 4.79 Å². The van der Waals surface area contributed by atoms with Crippen molar-refractivity contribution in [3.05, 3.63) is 77.4 Å². The number of ether oxygens (including phenoxy) is 1. The van der Waals surface area contributed by atoms with Gasteiger partial charge in [0, 0.05) is 11.3 Å². The van der Waals surface area contributed by atoms with Crippen molar-refractivity contribution < 1.29 is 13.9 Å². The quantitative estimate of drug-likeness (QED) is 0.299. The molecule has 4 aromatic rings. The molecule has 0 aliphatic rings. The Hall–Kier alpha value is -3.60. The number of fused-ring (bicyclic) bond motifs is 1. The zero-order chi connectivity index (χ0) is 24.2. The summed E-state index contributed by atoms with van der Waals surface area (Å²) >= 11 is 0. The molecule has 3 aromatic carbocycles. The summed E-state index contributed by atoms with van der Waals surface area (Å²) in [7, 11) is 0. The molecule has 0 saturated heterocycles. The van der Waals surface area contributed by atoms with E-state index in [0.29, 0.717) is 23.4 Å². The molecule has 1 N–H and O–H groups in total. The van der Waals surface area contributed by atoms with Gasteiger partial charge in [0.2, 0.25) is 5.89 Å². The van der Waals surface area contributed by atoms with Gasteiger partial charge in [-0.25, -0.2) is 4.98 Å². The fourth-order valence-electron chi connectivity index (χ4n) is 3.89. The maximum atomic E-state index is 12.5. The highest BCUT2D eigenvalue weighted by atomic mass is 16.5. The largest absolute Gasteiger partial charge is 0.483 e. The summed E-state index contributed by atoms with van der Waals surface area (Å²) in [5.41, 5.74) is 6.65. The third-order valence-electron chi connectivity index (χ3n) is 6.16. The molecular weight excluding hydrogens is 424 g/mol. The van der Waals surface area contributed by atoms with E-state index in [9.17, 15) is 4.79 Å². The number of hydrogen-bond donors (Lipinski definition) is 1. The van der Waals surface area contributed by atoms with Gasteiger partial charge in [-0.1, -0.05) is 45.9 Å². The first-order valence-electron chi connectivity index (χ1n) is 11.9. The van der Waals surface area contributed by atoms with E-state index < -0.39 is 0 Å². The van der Waals surface area contributed by atoms with Crippen LogP contribution >= 0.6 is 0 Å². The maximum Gasteiger partial charge on any atom is 0.262 e. The summed E-state index contributed by atoms with van der Waals surface area (Å²) in [5.74, 6) is 1.92. The standard InChI is InChI=1S/C29H32N2O3/c1-6-20(5)22-10-14-26-25(16-22)31-29(34-26)21-8-11-23(12-9-21)30-28(32)17-33-27-15-19(4)7-13-24(27)18(2)3/h7-16,18,20H,6,17H2,1-5H3,(H,30,32). The Labute approximate surface area is 201 Å². The zero-order valence-corrected chi connectivity index (χ0v) is 20.5. The van der Waals surface area contributed by atoms with E-state index in [-0.39, 0.29) is 12.5 Å². The van der Waals surface area contributed by atoms with Gasteiger partial charge in [-0.2, -0.15) is 0 Å². The van der Waals surface area contributed by atoms with Gasteiger partial charge in [-0.05, 0) is 84.3 Å². The number of amides is 1. The molecule has 5 heteroatoms. The number of aromatic nitrogens is 1. The number of carbonyl (C=O) groups excluding carboxylic acids is 1. The van der Waals surface area contributed by atoms with Crippen LogP contribution in [0.3, 0.4) is 0 Å². The second-order valence-corrected chi connectivity index (χ2v) is 9.17. The van der Waals surface area contributed by atoms with E-state index in [1.807, 2.05) is 43.3 Å². The van der Waals surface area contributed by atoms with Gasteiger partial charge in [0.25, 0.3) is 5.91 Å². The molecule has 34 heavy (non-hydrogen) atoms. The second-order valence-electron chi connectivity index (χ2n) is 9.17. The van der Waals surface area contributed by atoms with Gasteiger partial charge < -0.3 is 14.5 Å². The molecule has 0 bridgehead atoms. The predicted molar refractivity (Wildman–Crippen MR) is 138 cm³/mol. The number of nitrogens with one attached hydrogen (secondary N) is 1. The minimum Gasteiger partial charge on any atom is -0.483 e. The molecule has 0 spiro atoms. The monoisotopic (exact) mass is 456 g/mol. The van der Waals surface area contributed by atoms with Crippen molar-refractivity contribution >= 4 is 22.7 Å². The number of benzene rings is 3. The van der Waals surface area contributed by atoms with Crippen molar-refractivity contribution in [2.45, 2.75) is 52.9 Å². The third kappa shape index (κ3) is 5.30. The lowest BCUT2D eigenvalue weighted by Crippen LogP contribution is -2.20. The minimum atomic E-state index is -0.205. The van der Waals surface area contributed by atoms with Crippen molar-refractivity contribution in [2.24, 2.45) is 0 Å². The number of rotatable bonds is 8. The van der Waals surface area contributed by atoms with Crippen LogP contribution in [0.2, 0.25) is 0 Å². The first kappa shape index (κ1) is 23.6. The van der Waals surface area contributed by atoms with Crippen molar-refractivity contribution in [1.29, 1.82) is 0 Å². The molecule has 0 fully saturated rings. The topological polar surface area (TPSA) is 64.4 Å². The van der Waals surface area contributed by atoms with Crippen molar-refractivity contribution in [3.63, 3.8) is 0 Å². The first-order valence-corrected chi connectivity index (χ1v) is 11.9. The lowest BCUT2D eigenvalue weighted by Gasteiger charge is -2.15. The van der Waals surface area contributed by atoms with E-state index in [2.05, 4.69) is 62.3 Å². The van der Waals surface area contributed by atoms with Crippen LogP contribution in [-0.4, -0.2) is 17.5 Å². The highest BCUT2D eigenvalue weighted by molar-refractivity contribution is 5.92. The van der Waals surface area contributed by atoms with E-state index in [1.165, 1.54) is 5.56 Å². The fraction of sp³-hybridized carbons (Fsp3) is 0.310. The average molecular weight is 457 g/mol. The van der Waals surface area contributed by atoms with Gasteiger partial charge in [0.15, 0.2) is 12.2 Å². The van der Waals surface area contributed by atoms with Gasteiger partial charge in [0.05, 0.1) is 0 Å². The molecule has 0 saturated carbocycles. The summed E-state index contributed by atoms with van der Waals surface area (Å²) in [6.45, 7) is 10.6. The Bertz CT molecular complexity index is 1290. The zero-order valence-electron chi connectivity index (χ0n) is 20.5. The number of oxazole rings is 1. The summed E-state index contributed by atoms with van der Waals surface area (Å²) in [6.07, 6.45) is 1.08. The summed E-state index contributed by atoms with van der Waals surface area (Å²) in [6, 6.07) is 19.8. The molecule has 1 unspecified atom stereocenters. The number of hydrogen-bond acceptors (Lipinski definition) is 4. The Morgan fingerprint density at radius 3 is 2.50 bits per heavy atom. The highest BCUT2D eigenvalue weighted by Gasteiger charge is 2.13. The van der Waals surface area contributed by atoms with E-state index in [1.54, 1.807) is 0 Å². The molecule has 1 heterocycles. The van der Waals surface area contributed by atoms with Crippen LogP contribution in [0.25, 0.3) is 22.6 Å². The summed E-state index contributed by atoms with van der Waals surface area (Å²) in [5, 5.41) is 2.89. The maximum absolute atomic E-state index is 12.5. The van der Waals surface area contributed by atoms with Crippen molar-refractivity contribution in [3.8, 4) is 17.2 Å². The van der Waals surface area contributed by atoms with Gasteiger partial charge in [-0.15, -0.1) is 0 Å². The molecule has 176 valence electrons. The Morgan fingerprint density at radius 2 is 1.79 bits per heavy atom. The number of aryl methyl sites for hydroxylation is 1. The molecule has 0 aliphatic carbocycles. The summed E-state index contributed by atoms with van der Waals surface area (Å²) < 4.78 is 11.8. The van der Waals surface area contributed by atoms with Crippen LogP contribution in [0, 0.1) is 6.92 Å². The second kappa shape index (κ2) is 10.1. The van der Waals surface area contributed by atoms with Crippen molar-refractivity contribution in [2.75, 3.05) is 11.9 Å². The Kier molecular flexibility index (Phi) is 7.01. The molecule has 5 nitrogen and oxygen atoms in total. The van der Waals surface area contributed by atoms with Crippen LogP contribution in [0.1, 0.15) is 62.6 Å². The van der Waals surface area contributed by atoms with Crippen LogP contribution in [0.5, 0.6) is 5.75 Å². The smallest absolute Gasteiger partial charge is 0.262 e. The normalized spacial score (nSPS) is 12.2. The van der Waals surface area contributed by atoms with Crippen molar-refractivity contribution in [1.82, 2.24) is 4.98 Å². The third-order valence-corrected chi connectivity index (χ3v) is 6.16.